The number of nitrogens with zero attached hydrogens (tertiary/aromatic N) is 2. The molecular formula is C18H24N2O4. The van der Waals surface area contributed by atoms with E-state index >= 15 is 0 Å². The second-order valence-electron chi connectivity index (χ2n) is 6.17. The molecular weight excluding hydrogens is 308 g/mol. The standard InChI is InChI=1S/C18H24N2O4/c1-5-20(15-9-24-10-16(15)21)18(22)17-11(2)19(3)14-7-6-12(23-4)8-13(14)17/h6-8,15-16,21H,5,9-10H2,1-4H3/t15-,16-/m1/s1. The first-order valence-electron chi connectivity index (χ1n) is 8.19. The van der Waals surface area contributed by atoms with Crippen LogP contribution < -0.4 is 4.74 Å². The van der Waals surface area contributed by atoms with Crippen LogP contribution in [0.3, 0.4) is 0 Å². The van der Waals surface area contributed by atoms with Crippen LogP contribution in [0.4, 0.5) is 0 Å². The lowest BCUT2D eigenvalue weighted by atomic mass is 10.1. The van der Waals surface area contributed by atoms with E-state index in [4.69, 9.17) is 9.47 Å². The fourth-order valence-corrected chi connectivity index (χ4v) is 3.45. The van der Waals surface area contributed by atoms with E-state index in [9.17, 15) is 9.90 Å². The fraction of sp³-hybridized carbons (Fsp3) is 0.500. The number of hydrogen-bond acceptors (Lipinski definition) is 4. The van der Waals surface area contributed by atoms with Crippen LogP contribution in [0.1, 0.15) is 23.0 Å². The molecule has 0 unspecified atom stereocenters. The Morgan fingerprint density at radius 3 is 2.79 bits per heavy atom. The van der Waals surface area contributed by atoms with Gasteiger partial charge in [0.15, 0.2) is 0 Å². The van der Waals surface area contributed by atoms with Gasteiger partial charge in [-0.2, -0.15) is 0 Å². The minimum Gasteiger partial charge on any atom is -0.497 e. The third kappa shape index (κ3) is 2.56. The summed E-state index contributed by atoms with van der Waals surface area (Å²) in [4.78, 5) is 15.0. The summed E-state index contributed by atoms with van der Waals surface area (Å²) in [6.07, 6.45) is -0.640. The van der Waals surface area contributed by atoms with Gasteiger partial charge in [-0.15, -0.1) is 0 Å². The first kappa shape index (κ1) is 16.8. The van der Waals surface area contributed by atoms with Gasteiger partial charge in [0.1, 0.15) is 5.75 Å². The van der Waals surface area contributed by atoms with E-state index in [1.807, 2.05) is 43.7 Å². The highest BCUT2D eigenvalue weighted by Gasteiger charge is 2.35. The van der Waals surface area contributed by atoms with E-state index in [0.717, 1.165) is 22.3 Å². The van der Waals surface area contributed by atoms with Gasteiger partial charge >= 0.3 is 0 Å². The molecule has 1 aliphatic rings. The Labute approximate surface area is 141 Å². The molecule has 0 spiro atoms. The van der Waals surface area contributed by atoms with Crippen molar-refractivity contribution in [1.82, 2.24) is 9.47 Å². The van der Waals surface area contributed by atoms with Gasteiger partial charge in [0.2, 0.25) is 0 Å². The van der Waals surface area contributed by atoms with Gasteiger partial charge in [-0.3, -0.25) is 4.79 Å². The molecule has 1 aliphatic heterocycles. The monoisotopic (exact) mass is 332 g/mol. The minimum atomic E-state index is -0.640. The Morgan fingerprint density at radius 2 is 2.21 bits per heavy atom. The number of aliphatic hydroxyl groups is 1. The Hall–Kier alpha value is -2.05. The molecule has 3 rings (SSSR count). The molecule has 0 bridgehead atoms. The molecule has 6 heteroatoms. The van der Waals surface area contributed by atoms with Crippen molar-refractivity contribution in [2.24, 2.45) is 7.05 Å². The van der Waals surface area contributed by atoms with Gasteiger partial charge in [-0.1, -0.05) is 0 Å². The average molecular weight is 332 g/mol. The Bertz CT molecular complexity index is 768. The van der Waals surface area contributed by atoms with Crippen molar-refractivity contribution in [3.63, 3.8) is 0 Å². The second-order valence-corrected chi connectivity index (χ2v) is 6.17. The lowest BCUT2D eigenvalue weighted by Gasteiger charge is -2.29. The van der Waals surface area contributed by atoms with Gasteiger partial charge in [0.25, 0.3) is 5.91 Å². The number of rotatable bonds is 4. The topological polar surface area (TPSA) is 63.9 Å². The minimum absolute atomic E-state index is 0.0802. The molecule has 1 aromatic carbocycles. The van der Waals surface area contributed by atoms with E-state index in [2.05, 4.69) is 0 Å². The molecule has 2 atom stereocenters. The van der Waals surface area contributed by atoms with E-state index in [1.54, 1.807) is 12.0 Å². The molecule has 0 aliphatic carbocycles. The predicted octanol–water partition coefficient (Wildman–Crippen LogP) is 1.72. The molecule has 2 heterocycles. The van der Waals surface area contributed by atoms with Crippen molar-refractivity contribution >= 4 is 16.8 Å². The number of aromatic nitrogens is 1. The first-order valence-corrected chi connectivity index (χ1v) is 8.19. The summed E-state index contributed by atoms with van der Waals surface area (Å²) in [5.74, 6) is 0.637. The molecule has 0 saturated carbocycles. The third-order valence-corrected chi connectivity index (χ3v) is 4.94. The summed E-state index contributed by atoms with van der Waals surface area (Å²) in [5.41, 5.74) is 2.54. The van der Waals surface area contributed by atoms with Crippen LogP contribution in [0, 0.1) is 6.92 Å². The molecule has 1 saturated heterocycles. The van der Waals surface area contributed by atoms with Crippen LogP contribution in [0.5, 0.6) is 5.75 Å². The lowest BCUT2D eigenvalue weighted by Crippen LogP contribution is -2.46. The zero-order valence-corrected chi connectivity index (χ0v) is 14.6. The molecule has 130 valence electrons. The normalized spacial score (nSPS) is 20.5. The van der Waals surface area contributed by atoms with Gasteiger partial charge in [0, 0.05) is 30.2 Å². The number of carbonyl (C=O) groups excluding carboxylic acids is 1. The molecule has 0 radical (unpaired) electrons. The highest BCUT2D eigenvalue weighted by molar-refractivity contribution is 6.08. The number of ether oxygens (including phenoxy) is 2. The molecule has 24 heavy (non-hydrogen) atoms. The van der Waals surface area contributed by atoms with Crippen LogP contribution in [0.2, 0.25) is 0 Å². The van der Waals surface area contributed by atoms with E-state index in [-0.39, 0.29) is 18.6 Å². The van der Waals surface area contributed by atoms with Gasteiger partial charge in [-0.25, -0.2) is 0 Å². The maximum atomic E-state index is 13.3. The van der Waals surface area contributed by atoms with E-state index in [1.165, 1.54) is 0 Å². The third-order valence-electron chi connectivity index (χ3n) is 4.94. The van der Waals surface area contributed by atoms with Crippen LogP contribution >= 0.6 is 0 Å². The van der Waals surface area contributed by atoms with Crippen molar-refractivity contribution in [3.05, 3.63) is 29.5 Å². The quantitative estimate of drug-likeness (QED) is 0.926. The molecule has 1 amide bonds. The number of methoxy groups -OCH3 is 1. The van der Waals surface area contributed by atoms with Gasteiger partial charge in [0.05, 0.1) is 38.0 Å². The largest absolute Gasteiger partial charge is 0.497 e. The zero-order chi connectivity index (χ0) is 17.4. The van der Waals surface area contributed by atoms with Crippen molar-refractivity contribution in [2.75, 3.05) is 26.9 Å². The van der Waals surface area contributed by atoms with Crippen molar-refractivity contribution < 1.29 is 19.4 Å². The Morgan fingerprint density at radius 1 is 1.46 bits per heavy atom. The maximum Gasteiger partial charge on any atom is 0.256 e. The maximum absolute atomic E-state index is 13.3. The highest BCUT2D eigenvalue weighted by Crippen LogP contribution is 2.30. The fourth-order valence-electron chi connectivity index (χ4n) is 3.45. The Balaban J connectivity index is 2.10. The van der Waals surface area contributed by atoms with E-state index < -0.39 is 6.10 Å². The summed E-state index contributed by atoms with van der Waals surface area (Å²) in [5, 5.41) is 11.0. The number of hydrogen-bond donors (Lipinski definition) is 1. The molecule has 2 aromatic rings. The summed E-state index contributed by atoms with van der Waals surface area (Å²) in [6.45, 7) is 5.02. The first-order chi connectivity index (χ1) is 11.5. The van der Waals surface area contributed by atoms with Gasteiger partial charge in [-0.05, 0) is 32.0 Å². The number of amides is 1. The van der Waals surface area contributed by atoms with Crippen LogP contribution in [0.15, 0.2) is 18.2 Å². The number of aliphatic hydroxyl groups excluding tert-OH is 1. The highest BCUT2D eigenvalue weighted by atomic mass is 16.5. The van der Waals surface area contributed by atoms with Crippen LogP contribution in [0.25, 0.3) is 10.9 Å². The average Bonchev–Trinajstić information content (AvgIpc) is 3.10. The molecule has 1 N–H and O–H groups in total. The number of carbonyl (C=O) groups is 1. The van der Waals surface area contributed by atoms with Gasteiger partial charge < -0.3 is 24.0 Å². The molecule has 1 fully saturated rings. The molecule has 6 nitrogen and oxygen atoms in total. The summed E-state index contributed by atoms with van der Waals surface area (Å²) < 4.78 is 12.7. The summed E-state index contributed by atoms with van der Waals surface area (Å²) in [7, 11) is 3.56. The predicted molar refractivity (Wildman–Crippen MR) is 91.5 cm³/mol. The smallest absolute Gasteiger partial charge is 0.256 e. The number of fused-ring (bicyclic) bond motifs is 1. The molecule has 1 aromatic heterocycles. The summed E-state index contributed by atoms with van der Waals surface area (Å²) >= 11 is 0. The number of benzene rings is 1. The van der Waals surface area contributed by atoms with Crippen molar-refractivity contribution in [1.29, 1.82) is 0 Å². The zero-order valence-electron chi connectivity index (χ0n) is 14.6. The van der Waals surface area contributed by atoms with Crippen LogP contribution in [-0.4, -0.2) is 59.5 Å². The Kier molecular flexibility index (Phi) is 4.51. The number of aryl methyl sites for hydroxylation is 1. The lowest BCUT2D eigenvalue weighted by molar-refractivity contribution is 0.0521. The second kappa shape index (κ2) is 6.45. The van der Waals surface area contributed by atoms with Crippen molar-refractivity contribution in [2.45, 2.75) is 26.0 Å². The SMILES string of the molecule is CCN(C(=O)c1c(C)n(C)c2ccc(OC)cc12)[C@@H]1COC[C@H]1O. The number of likely N-dealkylation sites (N-methyl/N-ethyl adjacent to an activating group) is 1. The van der Waals surface area contributed by atoms with E-state index in [0.29, 0.717) is 18.7 Å². The summed E-state index contributed by atoms with van der Waals surface area (Å²) in [6, 6.07) is 5.44. The van der Waals surface area contributed by atoms with Crippen molar-refractivity contribution in [3.8, 4) is 5.75 Å². The van der Waals surface area contributed by atoms with Crippen LogP contribution in [-0.2, 0) is 11.8 Å².